The predicted molar refractivity (Wildman–Crippen MR) is 146 cm³/mol. The number of fused-ring (bicyclic) bond motifs is 1. The quantitative estimate of drug-likeness (QED) is 0.474. The van der Waals surface area contributed by atoms with Gasteiger partial charge in [0.25, 0.3) is 11.8 Å². The molecule has 2 heterocycles. The molecule has 0 aromatic heterocycles. The minimum absolute atomic E-state index is 0.0391. The van der Waals surface area contributed by atoms with Gasteiger partial charge < -0.3 is 19.1 Å². The maximum Gasteiger partial charge on any atom is 0.258 e. The number of ether oxygens (including phenoxy) is 3. The SMILES string of the molecule is COc1ccc(C2=NN(C3CCN(C(=O)c4c(OC)ccc5ccccc45)CC3)C(=O)C2(C)C)cc1OC. The summed E-state index contributed by atoms with van der Waals surface area (Å²) in [5.74, 6) is 1.68. The fourth-order valence-electron chi connectivity index (χ4n) is 5.43. The van der Waals surface area contributed by atoms with Crippen LogP contribution in [0.5, 0.6) is 17.2 Å². The van der Waals surface area contributed by atoms with Gasteiger partial charge in [-0.25, -0.2) is 5.01 Å². The molecule has 8 heteroatoms. The number of hydrogen-bond acceptors (Lipinski definition) is 6. The minimum Gasteiger partial charge on any atom is -0.496 e. The number of nitrogens with zero attached hydrogens (tertiary/aromatic N) is 3. The van der Waals surface area contributed by atoms with Crippen LogP contribution in [0.25, 0.3) is 10.8 Å². The second-order valence-electron chi connectivity index (χ2n) is 10.2. The van der Waals surface area contributed by atoms with Crippen LogP contribution in [0.15, 0.2) is 59.7 Å². The van der Waals surface area contributed by atoms with E-state index in [4.69, 9.17) is 19.3 Å². The number of carbonyl (C=O) groups excluding carboxylic acids is 2. The molecule has 2 aliphatic rings. The highest BCUT2D eigenvalue weighted by molar-refractivity contribution is 6.19. The third-order valence-electron chi connectivity index (χ3n) is 7.62. The largest absolute Gasteiger partial charge is 0.496 e. The Morgan fingerprint density at radius 3 is 2.24 bits per heavy atom. The summed E-state index contributed by atoms with van der Waals surface area (Å²) in [5.41, 5.74) is 1.31. The second kappa shape index (κ2) is 10.0. The molecular formula is C30H33N3O5. The average Bonchev–Trinajstić information content (AvgIpc) is 3.19. The molecule has 2 amide bonds. The molecule has 1 fully saturated rings. The van der Waals surface area contributed by atoms with E-state index in [-0.39, 0.29) is 17.9 Å². The van der Waals surface area contributed by atoms with E-state index in [1.807, 2.05) is 73.3 Å². The average molecular weight is 516 g/mol. The number of likely N-dealkylation sites (tertiary alicyclic amines) is 1. The maximum absolute atomic E-state index is 13.7. The number of benzene rings is 3. The van der Waals surface area contributed by atoms with Crippen molar-refractivity contribution < 1.29 is 23.8 Å². The van der Waals surface area contributed by atoms with Gasteiger partial charge >= 0.3 is 0 Å². The summed E-state index contributed by atoms with van der Waals surface area (Å²) in [6.07, 6.45) is 1.28. The molecule has 8 nitrogen and oxygen atoms in total. The summed E-state index contributed by atoms with van der Waals surface area (Å²) in [5, 5.41) is 8.32. The molecule has 0 radical (unpaired) electrons. The molecule has 0 aliphatic carbocycles. The van der Waals surface area contributed by atoms with E-state index >= 15 is 0 Å². The number of hydrogen-bond donors (Lipinski definition) is 0. The van der Waals surface area contributed by atoms with E-state index in [1.165, 1.54) is 0 Å². The normalized spacial score (nSPS) is 17.5. The third kappa shape index (κ3) is 4.23. The molecular weight excluding hydrogens is 482 g/mol. The highest BCUT2D eigenvalue weighted by Crippen LogP contribution is 2.38. The summed E-state index contributed by atoms with van der Waals surface area (Å²) < 4.78 is 16.4. The van der Waals surface area contributed by atoms with Gasteiger partial charge in [-0.3, -0.25) is 9.59 Å². The van der Waals surface area contributed by atoms with Crippen LogP contribution in [0, 0.1) is 5.41 Å². The summed E-state index contributed by atoms with van der Waals surface area (Å²) in [6.45, 7) is 4.86. The number of hydrazone groups is 1. The first-order valence-corrected chi connectivity index (χ1v) is 12.8. The molecule has 0 unspecified atom stereocenters. The van der Waals surface area contributed by atoms with E-state index in [2.05, 4.69) is 0 Å². The van der Waals surface area contributed by atoms with Gasteiger partial charge in [0.05, 0.1) is 44.1 Å². The zero-order valence-corrected chi connectivity index (χ0v) is 22.5. The Labute approximate surface area is 222 Å². The summed E-state index contributed by atoms with van der Waals surface area (Å²) >= 11 is 0. The molecule has 0 spiro atoms. The van der Waals surface area contributed by atoms with Crippen LogP contribution in [0.4, 0.5) is 0 Å². The number of carbonyl (C=O) groups is 2. The highest BCUT2D eigenvalue weighted by Gasteiger charge is 2.47. The minimum atomic E-state index is -0.789. The maximum atomic E-state index is 13.7. The van der Waals surface area contributed by atoms with Crippen LogP contribution in [-0.2, 0) is 4.79 Å². The Morgan fingerprint density at radius 1 is 0.895 bits per heavy atom. The van der Waals surface area contributed by atoms with Gasteiger partial charge in [0.1, 0.15) is 5.75 Å². The number of piperidine rings is 1. The zero-order chi connectivity index (χ0) is 27.0. The lowest BCUT2D eigenvalue weighted by Crippen LogP contribution is -2.47. The fraction of sp³-hybridized carbons (Fsp3) is 0.367. The number of rotatable bonds is 6. The van der Waals surface area contributed by atoms with Gasteiger partial charge in [0.15, 0.2) is 11.5 Å². The molecule has 38 heavy (non-hydrogen) atoms. The molecule has 1 saturated heterocycles. The van der Waals surface area contributed by atoms with E-state index in [0.717, 1.165) is 16.3 Å². The topological polar surface area (TPSA) is 80.7 Å². The molecule has 5 rings (SSSR count). The van der Waals surface area contributed by atoms with Crippen LogP contribution in [0.1, 0.15) is 42.6 Å². The highest BCUT2D eigenvalue weighted by atomic mass is 16.5. The monoisotopic (exact) mass is 515 g/mol. The molecule has 3 aromatic carbocycles. The van der Waals surface area contributed by atoms with Crippen molar-refractivity contribution in [2.75, 3.05) is 34.4 Å². The standard InChI is InChI=1S/C30H33N3O5/c1-30(2)27(20-11-12-23(36-3)25(18-20)38-5)31-33(29(30)35)21-14-16-32(17-15-21)28(34)26-22-9-7-6-8-19(22)10-13-24(26)37-4/h6-13,18,21H,14-17H2,1-5H3. The lowest BCUT2D eigenvalue weighted by molar-refractivity contribution is -0.137. The molecule has 0 N–H and O–H groups in total. The Kier molecular flexibility index (Phi) is 6.73. The number of methoxy groups -OCH3 is 3. The molecule has 2 aliphatic heterocycles. The van der Waals surface area contributed by atoms with Crippen LogP contribution in [0.2, 0.25) is 0 Å². The second-order valence-corrected chi connectivity index (χ2v) is 10.2. The van der Waals surface area contributed by atoms with Crippen molar-refractivity contribution >= 4 is 28.3 Å². The Hall–Kier alpha value is -4.07. The van der Waals surface area contributed by atoms with Crippen LogP contribution >= 0.6 is 0 Å². The van der Waals surface area contributed by atoms with Gasteiger partial charge in [-0.05, 0) is 61.7 Å². The van der Waals surface area contributed by atoms with Gasteiger partial charge in [-0.15, -0.1) is 0 Å². The Bertz CT molecular complexity index is 1420. The van der Waals surface area contributed by atoms with Crippen molar-refractivity contribution in [3.05, 3.63) is 65.7 Å². The smallest absolute Gasteiger partial charge is 0.258 e. The lowest BCUT2D eigenvalue weighted by atomic mass is 9.83. The summed E-state index contributed by atoms with van der Waals surface area (Å²) in [7, 11) is 4.76. The van der Waals surface area contributed by atoms with Gasteiger partial charge in [0.2, 0.25) is 0 Å². The third-order valence-corrected chi connectivity index (χ3v) is 7.62. The van der Waals surface area contributed by atoms with Crippen molar-refractivity contribution in [1.29, 1.82) is 0 Å². The van der Waals surface area contributed by atoms with Crippen LogP contribution < -0.4 is 14.2 Å². The van der Waals surface area contributed by atoms with E-state index < -0.39 is 5.41 Å². The fourth-order valence-corrected chi connectivity index (χ4v) is 5.43. The predicted octanol–water partition coefficient (Wildman–Crippen LogP) is 4.74. The molecule has 0 saturated carbocycles. The van der Waals surface area contributed by atoms with Crippen molar-refractivity contribution in [3.63, 3.8) is 0 Å². The van der Waals surface area contributed by atoms with Gasteiger partial charge in [-0.2, -0.15) is 5.10 Å². The van der Waals surface area contributed by atoms with Crippen LogP contribution in [-0.4, -0.2) is 67.9 Å². The number of amides is 2. The van der Waals surface area contributed by atoms with E-state index in [9.17, 15) is 9.59 Å². The zero-order valence-electron chi connectivity index (χ0n) is 22.5. The van der Waals surface area contributed by atoms with Crippen molar-refractivity contribution in [2.45, 2.75) is 32.7 Å². The van der Waals surface area contributed by atoms with Gasteiger partial charge in [0, 0.05) is 18.7 Å². The summed E-state index contributed by atoms with van der Waals surface area (Å²) in [6, 6.07) is 17.1. The van der Waals surface area contributed by atoms with E-state index in [0.29, 0.717) is 54.5 Å². The molecule has 3 aromatic rings. The van der Waals surface area contributed by atoms with Crippen molar-refractivity contribution in [3.8, 4) is 17.2 Å². The van der Waals surface area contributed by atoms with Gasteiger partial charge in [-0.1, -0.05) is 30.3 Å². The van der Waals surface area contributed by atoms with Crippen LogP contribution in [0.3, 0.4) is 0 Å². The van der Waals surface area contributed by atoms with Crippen molar-refractivity contribution in [2.24, 2.45) is 10.5 Å². The summed E-state index contributed by atoms with van der Waals surface area (Å²) in [4.78, 5) is 29.0. The first-order valence-electron chi connectivity index (χ1n) is 12.8. The Balaban J connectivity index is 1.36. The van der Waals surface area contributed by atoms with Crippen molar-refractivity contribution in [1.82, 2.24) is 9.91 Å². The molecule has 0 atom stereocenters. The molecule has 0 bridgehead atoms. The molecule has 198 valence electrons. The van der Waals surface area contributed by atoms with E-state index in [1.54, 1.807) is 26.3 Å². The first kappa shape index (κ1) is 25.6. The Morgan fingerprint density at radius 2 is 1.55 bits per heavy atom. The first-order chi connectivity index (χ1) is 18.3. The lowest BCUT2D eigenvalue weighted by Gasteiger charge is -2.36.